The molecular formula is C7H10O2. The van der Waals surface area contributed by atoms with E-state index in [9.17, 15) is 4.79 Å². The first kappa shape index (κ1) is 8.03. The molecule has 0 N–H and O–H groups in total. The molecule has 0 aliphatic rings. The zero-order valence-electron chi connectivity index (χ0n) is 5.73. The van der Waals surface area contributed by atoms with Crippen LogP contribution < -0.4 is 0 Å². The summed E-state index contributed by atoms with van der Waals surface area (Å²) in [6.45, 7) is 3.69. The van der Waals surface area contributed by atoms with Gasteiger partial charge in [-0.2, -0.15) is 0 Å². The van der Waals surface area contributed by atoms with Gasteiger partial charge in [-0.1, -0.05) is 12.8 Å². The topological polar surface area (TPSA) is 26.3 Å². The number of carbonyl (C=O) groups is 1. The zero-order valence-corrected chi connectivity index (χ0v) is 5.73. The highest BCUT2D eigenvalue weighted by Crippen LogP contribution is 1.81. The summed E-state index contributed by atoms with van der Waals surface area (Å²) in [5.41, 5.74) is 0. The Labute approximate surface area is 55.2 Å². The fourth-order valence-corrected chi connectivity index (χ4v) is 0.291. The van der Waals surface area contributed by atoms with E-state index in [0.717, 1.165) is 0 Å². The predicted octanol–water partition coefficient (Wildman–Crippen LogP) is 0.963. The minimum Gasteiger partial charge on any atom is -0.452 e. The normalized spacial score (nSPS) is 7.33. The van der Waals surface area contributed by atoms with Gasteiger partial charge in [-0.05, 0) is 6.92 Å². The SMILES string of the molecule is CC#CCOC(=O)CC. The maximum absolute atomic E-state index is 10.4. The molecule has 0 amide bonds. The van der Waals surface area contributed by atoms with Crippen LogP contribution in [0.15, 0.2) is 0 Å². The standard InChI is InChI=1S/C7H10O2/c1-3-5-6-9-7(8)4-2/h4,6H2,1-2H3. The van der Waals surface area contributed by atoms with E-state index < -0.39 is 0 Å². The second-order valence-electron chi connectivity index (χ2n) is 1.44. The van der Waals surface area contributed by atoms with Gasteiger partial charge in [0.05, 0.1) is 0 Å². The third kappa shape index (κ3) is 4.89. The number of hydrogen-bond donors (Lipinski definition) is 0. The summed E-state index contributed by atoms with van der Waals surface area (Å²) < 4.78 is 4.62. The molecule has 0 saturated heterocycles. The quantitative estimate of drug-likeness (QED) is 0.407. The van der Waals surface area contributed by atoms with Crippen LogP contribution in [0.3, 0.4) is 0 Å². The highest BCUT2D eigenvalue weighted by Gasteiger charge is 1.92. The molecule has 0 rings (SSSR count). The maximum Gasteiger partial charge on any atom is 0.306 e. The molecule has 0 aliphatic carbocycles. The first-order chi connectivity index (χ1) is 4.31. The summed E-state index contributed by atoms with van der Waals surface area (Å²) in [5.74, 6) is 5.04. The number of esters is 1. The number of ether oxygens (including phenoxy) is 1. The highest BCUT2D eigenvalue weighted by atomic mass is 16.5. The number of rotatable bonds is 2. The van der Waals surface area contributed by atoms with Gasteiger partial charge >= 0.3 is 5.97 Å². The average molecular weight is 126 g/mol. The first-order valence-corrected chi connectivity index (χ1v) is 2.86. The van der Waals surface area contributed by atoms with Crippen LogP contribution >= 0.6 is 0 Å². The zero-order chi connectivity index (χ0) is 7.11. The van der Waals surface area contributed by atoms with Crippen molar-refractivity contribution in [3.63, 3.8) is 0 Å². The van der Waals surface area contributed by atoms with Crippen molar-refractivity contribution in [1.82, 2.24) is 0 Å². The maximum atomic E-state index is 10.4. The largest absolute Gasteiger partial charge is 0.452 e. The molecule has 0 unspecified atom stereocenters. The predicted molar refractivity (Wildman–Crippen MR) is 34.7 cm³/mol. The molecule has 0 aliphatic heterocycles. The highest BCUT2D eigenvalue weighted by molar-refractivity contribution is 5.69. The second-order valence-corrected chi connectivity index (χ2v) is 1.44. The lowest BCUT2D eigenvalue weighted by atomic mass is 10.5. The van der Waals surface area contributed by atoms with Crippen LogP contribution in [-0.2, 0) is 9.53 Å². The van der Waals surface area contributed by atoms with Crippen LogP contribution in [0.5, 0.6) is 0 Å². The van der Waals surface area contributed by atoms with E-state index >= 15 is 0 Å². The van der Waals surface area contributed by atoms with E-state index in [0.29, 0.717) is 6.42 Å². The molecule has 0 fully saturated rings. The van der Waals surface area contributed by atoms with Crippen LogP contribution in [0.4, 0.5) is 0 Å². The van der Waals surface area contributed by atoms with Gasteiger partial charge < -0.3 is 4.74 Å². The van der Waals surface area contributed by atoms with Crippen LogP contribution in [0.1, 0.15) is 20.3 Å². The van der Waals surface area contributed by atoms with Gasteiger partial charge in [-0.25, -0.2) is 0 Å². The summed E-state index contributed by atoms with van der Waals surface area (Å²) in [6.07, 6.45) is 0.422. The van der Waals surface area contributed by atoms with E-state index in [-0.39, 0.29) is 12.6 Å². The van der Waals surface area contributed by atoms with E-state index in [1.165, 1.54) is 0 Å². The lowest BCUT2D eigenvalue weighted by molar-refractivity contribution is -0.141. The summed E-state index contributed by atoms with van der Waals surface area (Å²) in [6, 6.07) is 0. The van der Waals surface area contributed by atoms with E-state index in [4.69, 9.17) is 0 Å². The van der Waals surface area contributed by atoms with E-state index in [1.807, 2.05) is 0 Å². The molecule has 0 atom stereocenters. The molecule has 0 bridgehead atoms. The average Bonchev–Trinajstić information content (AvgIpc) is 1.89. The molecule has 0 aromatic carbocycles. The van der Waals surface area contributed by atoms with Crippen LogP contribution in [0.25, 0.3) is 0 Å². The molecule has 0 saturated carbocycles. The summed E-state index contributed by atoms with van der Waals surface area (Å²) in [7, 11) is 0. The van der Waals surface area contributed by atoms with E-state index in [1.54, 1.807) is 13.8 Å². The van der Waals surface area contributed by atoms with Gasteiger partial charge in [0.25, 0.3) is 0 Å². The second kappa shape index (κ2) is 5.17. The molecule has 9 heavy (non-hydrogen) atoms. The fourth-order valence-electron chi connectivity index (χ4n) is 0.291. The number of hydrogen-bond acceptors (Lipinski definition) is 2. The van der Waals surface area contributed by atoms with Gasteiger partial charge in [0.2, 0.25) is 0 Å². The Bertz CT molecular complexity index is 139. The fraction of sp³-hybridized carbons (Fsp3) is 0.571. The van der Waals surface area contributed by atoms with Gasteiger partial charge in [0.1, 0.15) is 0 Å². The Morgan fingerprint density at radius 2 is 2.33 bits per heavy atom. The van der Waals surface area contributed by atoms with Crippen molar-refractivity contribution in [3.05, 3.63) is 0 Å². The Morgan fingerprint density at radius 1 is 1.67 bits per heavy atom. The minimum atomic E-state index is -0.197. The third-order valence-corrected chi connectivity index (χ3v) is 0.771. The molecular weight excluding hydrogens is 116 g/mol. The Hall–Kier alpha value is -0.970. The summed E-state index contributed by atoms with van der Waals surface area (Å²) in [5, 5.41) is 0. The van der Waals surface area contributed by atoms with Gasteiger partial charge in [-0.15, -0.1) is 5.92 Å². The van der Waals surface area contributed by atoms with Crippen molar-refractivity contribution in [2.45, 2.75) is 20.3 Å². The molecule has 50 valence electrons. The van der Waals surface area contributed by atoms with E-state index in [2.05, 4.69) is 16.6 Å². The van der Waals surface area contributed by atoms with Crippen molar-refractivity contribution < 1.29 is 9.53 Å². The summed E-state index contributed by atoms with van der Waals surface area (Å²) in [4.78, 5) is 10.4. The van der Waals surface area contributed by atoms with Crippen LogP contribution in [-0.4, -0.2) is 12.6 Å². The van der Waals surface area contributed by atoms with Crippen molar-refractivity contribution in [2.24, 2.45) is 0 Å². The Kier molecular flexibility index (Phi) is 4.61. The monoisotopic (exact) mass is 126 g/mol. The lowest BCUT2D eigenvalue weighted by Crippen LogP contribution is -2.01. The van der Waals surface area contributed by atoms with Crippen LogP contribution in [0.2, 0.25) is 0 Å². The molecule has 0 aromatic rings. The van der Waals surface area contributed by atoms with Crippen LogP contribution in [0, 0.1) is 11.8 Å². The third-order valence-electron chi connectivity index (χ3n) is 0.771. The van der Waals surface area contributed by atoms with Crippen molar-refractivity contribution in [3.8, 4) is 11.8 Å². The van der Waals surface area contributed by atoms with Crippen molar-refractivity contribution in [2.75, 3.05) is 6.61 Å². The van der Waals surface area contributed by atoms with Crippen molar-refractivity contribution >= 4 is 5.97 Å². The molecule has 0 aromatic heterocycles. The molecule has 0 radical (unpaired) electrons. The van der Waals surface area contributed by atoms with Gasteiger partial charge in [-0.3, -0.25) is 4.79 Å². The van der Waals surface area contributed by atoms with Gasteiger partial charge in [0, 0.05) is 6.42 Å². The number of carbonyl (C=O) groups excluding carboxylic acids is 1. The molecule has 0 heterocycles. The lowest BCUT2D eigenvalue weighted by Gasteiger charge is -1.93. The molecule has 0 spiro atoms. The van der Waals surface area contributed by atoms with Crippen molar-refractivity contribution in [1.29, 1.82) is 0 Å². The minimum absolute atomic E-state index is 0.197. The molecule has 2 heteroatoms. The summed E-state index contributed by atoms with van der Waals surface area (Å²) >= 11 is 0. The smallest absolute Gasteiger partial charge is 0.306 e. The Morgan fingerprint density at radius 3 is 2.78 bits per heavy atom. The Balaban J connectivity index is 3.24. The van der Waals surface area contributed by atoms with Gasteiger partial charge in [0.15, 0.2) is 6.61 Å². The molecule has 2 nitrogen and oxygen atoms in total. The first-order valence-electron chi connectivity index (χ1n) is 2.86.